The number of carbonyl (C=O) groups is 1. The summed E-state index contributed by atoms with van der Waals surface area (Å²) in [6, 6.07) is 9.56. The Bertz CT molecular complexity index is 1570. The summed E-state index contributed by atoms with van der Waals surface area (Å²) in [5.41, 5.74) is 4.46. The van der Waals surface area contributed by atoms with Gasteiger partial charge in [-0.1, -0.05) is 23.8 Å². The van der Waals surface area contributed by atoms with E-state index in [1.54, 1.807) is 31.2 Å². The Hall–Kier alpha value is -3.72. The van der Waals surface area contributed by atoms with E-state index in [4.69, 9.17) is 4.18 Å². The number of hydrogen-bond donors (Lipinski definition) is 0. The molecule has 0 atom stereocenters. The highest BCUT2D eigenvalue weighted by Gasteiger charge is 2.29. The van der Waals surface area contributed by atoms with Crippen LogP contribution >= 0.6 is 0 Å². The average Bonchev–Trinajstić information content (AvgIpc) is 3.15. The van der Waals surface area contributed by atoms with E-state index in [-0.39, 0.29) is 21.9 Å². The predicted molar refractivity (Wildman–Crippen MR) is 127 cm³/mol. The lowest BCUT2D eigenvalue weighted by atomic mass is 9.93. The Morgan fingerprint density at radius 2 is 1.62 bits per heavy atom. The van der Waals surface area contributed by atoms with Gasteiger partial charge in [-0.05, 0) is 51.5 Å². The van der Waals surface area contributed by atoms with E-state index in [1.165, 1.54) is 30.1 Å². The third-order valence-corrected chi connectivity index (χ3v) is 7.47. The molecule has 2 aromatic carbocycles. The molecule has 0 bridgehead atoms. The number of benzene rings is 2. The molecule has 0 amide bonds. The summed E-state index contributed by atoms with van der Waals surface area (Å²) < 4.78 is 33.2. The molecule has 0 radical (unpaired) electrons. The number of fused-ring (bicyclic) bond motifs is 1. The van der Waals surface area contributed by atoms with Crippen LogP contribution < -0.4 is 8.91 Å². The smallest absolute Gasteiger partial charge is 0.340 e. The maximum absolute atomic E-state index is 13.7. The van der Waals surface area contributed by atoms with Gasteiger partial charge in [0.1, 0.15) is 10.5 Å². The van der Waals surface area contributed by atoms with Gasteiger partial charge in [0.2, 0.25) is 17.2 Å². The minimum Gasteiger partial charge on any atom is -0.618 e. The number of aryl methyl sites for hydroxylation is 4. The molecule has 0 saturated heterocycles. The van der Waals surface area contributed by atoms with Crippen LogP contribution in [0.2, 0.25) is 0 Å². The molecule has 0 N–H and O–H groups in total. The highest BCUT2D eigenvalue weighted by molar-refractivity contribution is 7.87. The van der Waals surface area contributed by atoms with Crippen LogP contribution in [0, 0.1) is 39.8 Å². The van der Waals surface area contributed by atoms with Crippen LogP contribution in [-0.4, -0.2) is 24.0 Å². The molecule has 0 aliphatic carbocycles. The van der Waals surface area contributed by atoms with Gasteiger partial charge >= 0.3 is 10.1 Å². The molecule has 34 heavy (non-hydrogen) atoms. The third kappa shape index (κ3) is 3.71. The minimum absolute atomic E-state index is 0.0154. The van der Waals surface area contributed by atoms with Gasteiger partial charge in [0.15, 0.2) is 5.69 Å². The monoisotopic (exact) mass is 479 g/mol. The van der Waals surface area contributed by atoms with Crippen molar-refractivity contribution in [1.29, 1.82) is 0 Å². The lowest BCUT2D eigenvalue weighted by Crippen LogP contribution is -2.33. The average molecular weight is 480 g/mol. The van der Waals surface area contributed by atoms with E-state index in [0.29, 0.717) is 16.6 Å². The fourth-order valence-corrected chi connectivity index (χ4v) is 4.96. The van der Waals surface area contributed by atoms with Crippen molar-refractivity contribution in [3.05, 3.63) is 86.9 Å². The normalized spacial score (nSPS) is 11.7. The minimum atomic E-state index is -4.20. The lowest BCUT2D eigenvalue weighted by Gasteiger charge is -2.15. The second-order valence-corrected chi connectivity index (χ2v) is 10.00. The number of ketones is 1. The van der Waals surface area contributed by atoms with Crippen molar-refractivity contribution in [3.8, 4) is 5.88 Å². The molecule has 0 aliphatic heterocycles. The molecule has 0 fully saturated rings. The van der Waals surface area contributed by atoms with Gasteiger partial charge in [0.05, 0.1) is 11.6 Å². The molecular formula is C25H25N3O5S. The first-order valence-electron chi connectivity index (χ1n) is 10.6. The first-order valence-corrected chi connectivity index (χ1v) is 12.1. The molecule has 9 heteroatoms. The molecule has 4 rings (SSSR count). The Labute approximate surface area is 198 Å². The van der Waals surface area contributed by atoms with Crippen molar-refractivity contribution in [2.45, 2.75) is 39.5 Å². The Morgan fingerprint density at radius 3 is 2.26 bits per heavy atom. The number of pyridine rings is 1. The molecule has 176 valence electrons. The maximum atomic E-state index is 13.7. The van der Waals surface area contributed by atoms with E-state index < -0.39 is 15.9 Å². The fourth-order valence-electron chi connectivity index (χ4n) is 3.99. The summed E-state index contributed by atoms with van der Waals surface area (Å²) in [5, 5.41) is 17.5. The van der Waals surface area contributed by atoms with Gasteiger partial charge in [-0.25, -0.2) is 4.68 Å². The van der Waals surface area contributed by atoms with Gasteiger partial charge < -0.3 is 9.39 Å². The van der Waals surface area contributed by atoms with Gasteiger partial charge in [0.25, 0.3) is 0 Å². The van der Waals surface area contributed by atoms with E-state index >= 15 is 0 Å². The van der Waals surface area contributed by atoms with Crippen molar-refractivity contribution in [3.63, 3.8) is 0 Å². The molecule has 4 aromatic rings. The zero-order valence-corrected chi connectivity index (χ0v) is 20.6. The third-order valence-electron chi connectivity index (χ3n) is 6.24. The first kappa shape index (κ1) is 23.4. The first-order chi connectivity index (χ1) is 15.9. The quantitative estimate of drug-likeness (QED) is 0.187. The summed E-state index contributed by atoms with van der Waals surface area (Å²) >= 11 is 0. The van der Waals surface area contributed by atoms with Crippen molar-refractivity contribution in [2.24, 2.45) is 7.05 Å². The highest BCUT2D eigenvalue weighted by Crippen LogP contribution is 2.31. The van der Waals surface area contributed by atoms with E-state index in [2.05, 4.69) is 5.10 Å². The SMILES string of the molecule is Cc1ccc(S(=O)(=O)Oc2c(C(=O)c3ccc(C)c4c3c(C)c(C)c(C)[n+]4[O-])cnn2C)cc1. The molecule has 0 saturated carbocycles. The number of carbonyl (C=O) groups excluding carboxylic acids is 1. The van der Waals surface area contributed by atoms with Crippen LogP contribution in [0.5, 0.6) is 5.88 Å². The molecule has 0 spiro atoms. The second kappa shape index (κ2) is 8.25. The molecular weight excluding hydrogens is 454 g/mol. The van der Waals surface area contributed by atoms with Gasteiger partial charge in [-0.3, -0.25) is 4.79 Å². The summed E-state index contributed by atoms with van der Waals surface area (Å²) in [6.45, 7) is 9.10. The number of nitrogens with zero attached hydrogens (tertiary/aromatic N) is 3. The zero-order valence-electron chi connectivity index (χ0n) is 19.8. The lowest BCUT2D eigenvalue weighted by molar-refractivity contribution is -0.584. The van der Waals surface area contributed by atoms with Crippen molar-refractivity contribution < 1.29 is 22.1 Å². The van der Waals surface area contributed by atoms with Crippen LogP contribution in [0.3, 0.4) is 0 Å². The number of aromatic nitrogens is 3. The van der Waals surface area contributed by atoms with E-state index in [0.717, 1.165) is 27.0 Å². The van der Waals surface area contributed by atoms with Gasteiger partial charge in [0, 0.05) is 30.7 Å². The van der Waals surface area contributed by atoms with Crippen LogP contribution in [0.15, 0.2) is 47.5 Å². The fraction of sp³-hybridized carbons (Fsp3) is 0.240. The van der Waals surface area contributed by atoms with Crippen LogP contribution in [0.25, 0.3) is 10.9 Å². The van der Waals surface area contributed by atoms with Crippen LogP contribution in [0.4, 0.5) is 0 Å². The second-order valence-electron chi connectivity index (χ2n) is 8.45. The van der Waals surface area contributed by atoms with Crippen molar-refractivity contribution in [1.82, 2.24) is 9.78 Å². The largest absolute Gasteiger partial charge is 0.618 e. The van der Waals surface area contributed by atoms with Crippen LogP contribution in [-0.2, 0) is 17.2 Å². The summed E-state index contributed by atoms with van der Waals surface area (Å²) in [7, 11) is -2.71. The highest BCUT2D eigenvalue weighted by atomic mass is 32.2. The van der Waals surface area contributed by atoms with Crippen molar-refractivity contribution in [2.75, 3.05) is 0 Å². The zero-order chi connectivity index (χ0) is 24.9. The van der Waals surface area contributed by atoms with E-state index in [1.807, 2.05) is 27.7 Å². The van der Waals surface area contributed by atoms with Crippen molar-refractivity contribution >= 4 is 26.8 Å². The Morgan fingerprint density at radius 1 is 0.971 bits per heavy atom. The van der Waals surface area contributed by atoms with Gasteiger partial charge in [-0.2, -0.15) is 18.2 Å². The van der Waals surface area contributed by atoms with Crippen LogP contribution in [0.1, 0.15) is 43.9 Å². The molecule has 0 unspecified atom stereocenters. The summed E-state index contributed by atoms with van der Waals surface area (Å²) in [4.78, 5) is 13.7. The predicted octanol–water partition coefficient (Wildman–Crippen LogP) is 3.75. The number of hydrogen-bond acceptors (Lipinski definition) is 6. The molecule has 2 heterocycles. The molecule has 8 nitrogen and oxygen atoms in total. The molecule has 0 aliphatic rings. The van der Waals surface area contributed by atoms with Gasteiger partial charge in [-0.15, -0.1) is 0 Å². The summed E-state index contributed by atoms with van der Waals surface area (Å²) in [6.07, 6.45) is 1.27. The number of rotatable bonds is 5. The Kier molecular flexibility index (Phi) is 5.69. The standard InChI is InChI=1S/C25H25N3O5S/c1-14-7-10-19(11-8-14)34(31,32)33-25-21(13-26-27(25)6)24(29)20-12-9-15(2)23-22(20)17(4)16(3)18(5)28(23)30/h7-13H,1-6H3. The topological polar surface area (TPSA) is 105 Å². The maximum Gasteiger partial charge on any atom is 0.340 e. The molecule has 2 aromatic heterocycles. The Balaban J connectivity index is 1.87. The summed E-state index contributed by atoms with van der Waals surface area (Å²) in [5.74, 6) is -0.686. The van der Waals surface area contributed by atoms with E-state index in [9.17, 15) is 18.4 Å².